The molecule has 6 heteroatoms. The lowest BCUT2D eigenvalue weighted by atomic mass is 9.94. The van der Waals surface area contributed by atoms with Crippen molar-refractivity contribution < 1.29 is 0 Å². The number of hydrogen-bond acceptors (Lipinski definition) is 5. The predicted octanol–water partition coefficient (Wildman–Crippen LogP) is 4.30. The Kier molecular flexibility index (Phi) is 5.63. The molecular weight excluding hydrogens is 352 g/mol. The van der Waals surface area contributed by atoms with Gasteiger partial charge in [-0.15, -0.1) is 0 Å². The molecule has 2 fully saturated rings. The van der Waals surface area contributed by atoms with E-state index in [1.165, 1.54) is 50.3 Å². The Morgan fingerprint density at radius 2 is 1.92 bits per heavy atom. The van der Waals surface area contributed by atoms with E-state index in [0.717, 1.165) is 40.2 Å². The second-order valence-corrected chi connectivity index (χ2v) is 8.75. The number of nitrogens with one attached hydrogen (secondary N) is 1. The summed E-state index contributed by atoms with van der Waals surface area (Å²) in [6.07, 6.45) is 6.94. The van der Waals surface area contributed by atoms with Gasteiger partial charge in [0, 0.05) is 23.0 Å². The maximum Gasteiger partial charge on any atom is 0.137 e. The van der Waals surface area contributed by atoms with E-state index in [1.54, 1.807) is 6.33 Å². The monoisotopic (exact) mass is 376 g/mol. The average Bonchev–Trinajstić information content (AvgIpc) is 2.67. The fourth-order valence-electron chi connectivity index (χ4n) is 3.98. The van der Waals surface area contributed by atoms with Gasteiger partial charge < -0.3 is 10.2 Å². The van der Waals surface area contributed by atoms with Gasteiger partial charge in [0.1, 0.15) is 12.1 Å². The van der Waals surface area contributed by atoms with Crippen molar-refractivity contribution in [3.05, 3.63) is 29.5 Å². The zero-order chi connectivity index (χ0) is 17.1. The van der Waals surface area contributed by atoms with Crippen LogP contribution < -0.4 is 5.32 Å². The van der Waals surface area contributed by atoms with E-state index in [0.29, 0.717) is 0 Å². The maximum absolute atomic E-state index is 6.14. The van der Waals surface area contributed by atoms with Crippen molar-refractivity contribution in [2.75, 3.05) is 36.5 Å². The van der Waals surface area contributed by atoms with Crippen LogP contribution in [-0.4, -0.2) is 52.0 Å². The Hall–Kier alpha value is -1.04. The highest BCUT2D eigenvalue weighted by molar-refractivity contribution is 7.99. The van der Waals surface area contributed by atoms with E-state index >= 15 is 0 Å². The largest absolute Gasteiger partial charge is 0.369 e. The maximum atomic E-state index is 6.14. The van der Waals surface area contributed by atoms with Gasteiger partial charge >= 0.3 is 0 Å². The predicted molar refractivity (Wildman–Crippen MR) is 108 cm³/mol. The molecule has 134 valence electrons. The zero-order valence-corrected chi connectivity index (χ0v) is 16.0. The molecule has 0 bridgehead atoms. The van der Waals surface area contributed by atoms with Gasteiger partial charge in [0.15, 0.2) is 0 Å². The summed E-state index contributed by atoms with van der Waals surface area (Å²) in [4.78, 5) is 11.5. The third-order valence-electron chi connectivity index (χ3n) is 5.51. The second kappa shape index (κ2) is 8.11. The summed E-state index contributed by atoms with van der Waals surface area (Å²) in [5.41, 5.74) is 0.937. The molecule has 0 saturated carbocycles. The highest BCUT2D eigenvalue weighted by atomic mass is 35.5. The Bertz CT molecular complexity index is 712. The van der Waals surface area contributed by atoms with Crippen LogP contribution in [0.4, 0.5) is 5.82 Å². The summed E-state index contributed by atoms with van der Waals surface area (Å²) < 4.78 is 0. The first-order valence-corrected chi connectivity index (χ1v) is 10.8. The molecule has 0 unspecified atom stereocenters. The van der Waals surface area contributed by atoms with Crippen LogP contribution in [0.1, 0.15) is 25.7 Å². The molecule has 0 aliphatic carbocycles. The Labute approximate surface area is 158 Å². The number of anilines is 1. The van der Waals surface area contributed by atoms with Crippen molar-refractivity contribution in [2.24, 2.45) is 5.92 Å². The molecule has 2 aliphatic heterocycles. The molecule has 2 aromatic rings. The SMILES string of the molecule is Clc1ccc2ncnc(NCC3CCN(C4CCSCC4)CC3)c2c1. The summed E-state index contributed by atoms with van der Waals surface area (Å²) in [6, 6.07) is 6.61. The van der Waals surface area contributed by atoms with Gasteiger partial charge in [-0.05, 0) is 74.4 Å². The van der Waals surface area contributed by atoms with E-state index in [9.17, 15) is 0 Å². The van der Waals surface area contributed by atoms with Crippen LogP contribution in [0, 0.1) is 5.92 Å². The molecule has 0 amide bonds. The Balaban J connectivity index is 1.33. The number of rotatable bonds is 4. The number of piperidine rings is 1. The molecule has 4 nitrogen and oxygen atoms in total. The topological polar surface area (TPSA) is 41.1 Å². The van der Waals surface area contributed by atoms with E-state index in [4.69, 9.17) is 11.6 Å². The third-order valence-corrected chi connectivity index (χ3v) is 6.80. The lowest BCUT2D eigenvalue weighted by molar-refractivity contribution is 0.129. The number of hydrogen-bond donors (Lipinski definition) is 1. The van der Waals surface area contributed by atoms with Gasteiger partial charge in [-0.3, -0.25) is 0 Å². The molecular formula is C19H25ClN4S. The van der Waals surface area contributed by atoms with Crippen LogP contribution in [0.25, 0.3) is 10.9 Å². The Morgan fingerprint density at radius 1 is 1.12 bits per heavy atom. The first-order valence-electron chi connectivity index (χ1n) is 9.25. The van der Waals surface area contributed by atoms with Gasteiger partial charge in [0.2, 0.25) is 0 Å². The van der Waals surface area contributed by atoms with Gasteiger partial charge in [-0.1, -0.05) is 11.6 Å². The van der Waals surface area contributed by atoms with Crippen LogP contribution in [0.3, 0.4) is 0 Å². The first-order chi connectivity index (χ1) is 12.3. The minimum Gasteiger partial charge on any atom is -0.369 e. The summed E-state index contributed by atoms with van der Waals surface area (Å²) >= 11 is 8.25. The average molecular weight is 377 g/mol. The molecule has 0 spiro atoms. The molecule has 1 N–H and O–H groups in total. The quantitative estimate of drug-likeness (QED) is 0.861. The molecule has 1 aromatic heterocycles. The van der Waals surface area contributed by atoms with Crippen LogP contribution >= 0.6 is 23.4 Å². The van der Waals surface area contributed by atoms with E-state index in [2.05, 4.69) is 31.9 Å². The molecule has 1 aromatic carbocycles. The number of halogens is 1. The molecule has 2 aliphatic rings. The fraction of sp³-hybridized carbons (Fsp3) is 0.579. The lowest BCUT2D eigenvalue weighted by Crippen LogP contribution is -2.44. The molecule has 25 heavy (non-hydrogen) atoms. The van der Waals surface area contributed by atoms with Crippen molar-refractivity contribution in [3.63, 3.8) is 0 Å². The molecule has 3 heterocycles. The third kappa shape index (κ3) is 4.21. The van der Waals surface area contributed by atoms with Crippen LogP contribution in [0.5, 0.6) is 0 Å². The smallest absolute Gasteiger partial charge is 0.137 e. The van der Waals surface area contributed by atoms with Crippen molar-refractivity contribution in [3.8, 4) is 0 Å². The highest BCUT2D eigenvalue weighted by Crippen LogP contribution is 2.27. The molecule has 2 saturated heterocycles. The van der Waals surface area contributed by atoms with Crippen molar-refractivity contribution >= 4 is 40.1 Å². The summed E-state index contributed by atoms with van der Waals surface area (Å²) in [5, 5.41) is 5.28. The minimum absolute atomic E-state index is 0.721. The standard InChI is InChI=1S/C19H25ClN4S/c20-15-1-2-18-17(11-15)19(23-13-22-18)21-12-14-3-7-24(8-4-14)16-5-9-25-10-6-16/h1-2,11,13-14,16H,3-10,12H2,(H,21,22,23). The molecule has 0 atom stereocenters. The van der Waals surface area contributed by atoms with Gasteiger partial charge in [-0.25, -0.2) is 9.97 Å². The molecule has 4 rings (SSSR count). The summed E-state index contributed by atoms with van der Waals surface area (Å²) in [5.74, 6) is 4.31. The highest BCUT2D eigenvalue weighted by Gasteiger charge is 2.26. The summed E-state index contributed by atoms with van der Waals surface area (Å²) in [6.45, 7) is 3.48. The zero-order valence-electron chi connectivity index (χ0n) is 14.5. The van der Waals surface area contributed by atoms with Gasteiger partial charge in [-0.2, -0.15) is 11.8 Å². The number of benzene rings is 1. The van der Waals surface area contributed by atoms with E-state index < -0.39 is 0 Å². The lowest BCUT2D eigenvalue weighted by Gasteiger charge is -2.39. The van der Waals surface area contributed by atoms with Crippen LogP contribution in [0.2, 0.25) is 5.02 Å². The summed E-state index contributed by atoms with van der Waals surface area (Å²) in [7, 11) is 0. The first kappa shape index (κ1) is 17.4. The van der Waals surface area contributed by atoms with E-state index in [-0.39, 0.29) is 0 Å². The number of thioether (sulfide) groups is 1. The van der Waals surface area contributed by atoms with Gasteiger partial charge in [0.05, 0.1) is 5.52 Å². The number of nitrogens with zero attached hydrogens (tertiary/aromatic N) is 3. The Morgan fingerprint density at radius 3 is 2.72 bits per heavy atom. The number of fused-ring (bicyclic) bond motifs is 1. The van der Waals surface area contributed by atoms with Crippen molar-refractivity contribution in [2.45, 2.75) is 31.7 Å². The minimum atomic E-state index is 0.721. The van der Waals surface area contributed by atoms with Gasteiger partial charge in [0.25, 0.3) is 0 Å². The number of aromatic nitrogens is 2. The van der Waals surface area contributed by atoms with Crippen molar-refractivity contribution in [1.29, 1.82) is 0 Å². The fourth-order valence-corrected chi connectivity index (χ4v) is 5.24. The number of likely N-dealkylation sites (tertiary alicyclic amines) is 1. The van der Waals surface area contributed by atoms with Crippen LogP contribution in [0.15, 0.2) is 24.5 Å². The normalized spacial score (nSPS) is 20.8. The van der Waals surface area contributed by atoms with Crippen molar-refractivity contribution in [1.82, 2.24) is 14.9 Å². The molecule has 0 radical (unpaired) electrons. The van der Waals surface area contributed by atoms with Crippen LogP contribution in [-0.2, 0) is 0 Å². The van der Waals surface area contributed by atoms with E-state index in [1.807, 2.05) is 18.2 Å². The second-order valence-electron chi connectivity index (χ2n) is 7.09.